The molecule has 1 aliphatic heterocycles. The molecule has 0 unspecified atom stereocenters. The summed E-state index contributed by atoms with van der Waals surface area (Å²) in [5, 5.41) is 4.98. The molecule has 1 N–H and O–H groups in total. The van der Waals surface area contributed by atoms with Crippen molar-refractivity contribution in [1.29, 1.82) is 0 Å². The Morgan fingerprint density at radius 3 is 2.12 bits per heavy atom. The number of nitrogens with zero attached hydrogens (tertiary/aromatic N) is 1. The average molecular weight is 341 g/mol. The molecule has 2 nitrogen and oxygen atoms in total. The van der Waals surface area contributed by atoms with E-state index < -0.39 is 8.24 Å². The van der Waals surface area contributed by atoms with Gasteiger partial charge >= 0.3 is 0 Å². The predicted molar refractivity (Wildman–Crippen MR) is 109 cm³/mol. The SMILES string of the molecule is CC(C)[Si](C(C)C)(C(C)C)n1cc(C2=CCCN2)c2ccccc21. The van der Waals surface area contributed by atoms with Crippen LogP contribution in [0.4, 0.5) is 0 Å². The molecule has 0 radical (unpaired) electrons. The van der Waals surface area contributed by atoms with E-state index in [1.165, 1.54) is 22.2 Å². The van der Waals surface area contributed by atoms with Gasteiger partial charge in [0.1, 0.15) is 0 Å². The van der Waals surface area contributed by atoms with Crippen molar-refractivity contribution in [1.82, 2.24) is 9.55 Å². The second-order valence-corrected chi connectivity index (χ2v) is 13.8. The maximum Gasteiger partial charge on any atom is 0.169 e. The van der Waals surface area contributed by atoms with Crippen molar-refractivity contribution >= 4 is 24.8 Å². The lowest BCUT2D eigenvalue weighted by atomic mass is 10.1. The number of fused-ring (bicyclic) bond motifs is 1. The smallest absolute Gasteiger partial charge is 0.169 e. The molecule has 1 aromatic heterocycles. The zero-order valence-electron chi connectivity index (χ0n) is 16.1. The van der Waals surface area contributed by atoms with Crippen LogP contribution in [0.2, 0.25) is 16.6 Å². The Kier molecular flexibility index (Phi) is 4.65. The van der Waals surface area contributed by atoms with Crippen LogP contribution in [0.3, 0.4) is 0 Å². The molecular formula is C21H32N2Si. The Morgan fingerprint density at radius 1 is 0.958 bits per heavy atom. The van der Waals surface area contributed by atoms with Crippen molar-refractivity contribution in [2.24, 2.45) is 0 Å². The molecule has 2 aromatic rings. The molecular weight excluding hydrogens is 308 g/mol. The van der Waals surface area contributed by atoms with Crippen LogP contribution in [-0.4, -0.2) is 19.0 Å². The lowest BCUT2D eigenvalue weighted by molar-refractivity contribution is 0.772. The van der Waals surface area contributed by atoms with Crippen LogP contribution in [0.1, 0.15) is 53.5 Å². The zero-order valence-corrected chi connectivity index (χ0v) is 17.1. The van der Waals surface area contributed by atoms with Crippen molar-refractivity contribution in [2.75, 3.05) is 6.54 Å². The first kappa shape index (κ1) is 17.3. The Bertz CT molecular complexity index is 731. The number of aromatic nitrogens is 1. The zero-order chi connectivity index (χ0) is 17.5. The van der Waals surface area contributed by atoms with E-state index in [9.17, 15) is 0 Å². The number of rotatable bonds is 5. The van der Waals surface area contributed by atoms with Crippen molar-refractivity contribution in [3.8, 4) is 0 Å². The van der Waals surface area contributed by atoms with E-state index in [0.29, 0.717) is 16.6 Å². The van der Waals surface area contributed by atoms with Gasteiger partial charge in [-0.2, -0.15) is 0 Å². The maximum absolute atomic E-state index is 3.58. The summed E-state index contributed by atoms with van der Waals surface area (Å²) >= 11 is 0. The van der Waals surface area contributed by atoms with Crippen LogP contribution in [0, 0.1) is 0 Å². The molecule has 3 heteroatoms. The van der Waals surface area contributed by atoms with Gasteiger partial charge in [0.2, 0.25) is 0 Å². The van der Waals surface area contributed by atoms with Crippen molar-refractivity contribution in [3.63, 3.8) is 0 Å². The van der Waals surface area contributed by atoms with E-state index in [1.54, 1.807) is 0 Å². The van der Waals surface area contributed by atoms with Crippen molar-refractivity contribution in [2.45, 2.75) is 64.6 Å². The quantitative estimate of drug-likeness (QED) is 0.661. The molecule has 0 amide bonds. The van der Waals surface area contributed by atoms with Gasteiger partial charge in [0.25, 0.3) is 0 Å². The molecule has 3 rings (SSSR count). The lowest BCUT2D eigenvalue weighted by Gasteiger charge is -2.44. The number of nitrogens with one attached hydrogen (secondary N) is 1. The van der Waals surface area contributed by atoms with Gasteiger partial charge in [0, 0.05) is 34.9 Å². The molecule has 0 spiro atoms. The van der Waals surface area contributed by atoms with Gasteiger partial charge in [-0.05, 0) is 29.1 Å². The molecule has 1 aliphatic rings. The van der Waals surface area contributed by atoms with Gasteiger partial charge in [-0.1, -0.05) is 65.8 Å². The number of para-hydroxylation sites is 1. The summed E-state index contributed by atoms with van der Waals surface area (Å²) < 4.78 is 2.73. The van der Waals surface area contributed by atoms with Crippen molar-refractivity contribution < 1.29 is 0 Å². The minimum atomic E-state index is -1.74. The molecule has 130 valence electrons. The van der Waals surface area contributed by atoms with E-state index in [0.717, 1.165) is 13.0 Å². The Hall–Kier alpha value is -1.48. The third-order valence-corrected chi connectivity index (χ3v) is 12.8. The fourth-order valence-electron chi connectivity index (χ4n) is 5.25. The summed E-state index contributed by atoms with van der Waals surface area (Å²) in [6.45, 7) is 15.7. The number of hydrogen-bond donors (Lipinski definition) is 1. The first-order valence-electron chi connectivity index (χ1n) is 9.45. The monoisotopic (exact) mass is 340 g/mol. The summed E-state index contributed by atoms with van der Waals surface area (Å²) in [7, 11) is -1.74. The molecule has 0 bridgehead atoms. The van der Waals surface area contributed by atoms with Gasteiger partial charge in [-0.15, -0.1) is 0 Å². The van der Waals surface area contributed by atoms with Crippen molar-refractivity contribution in [3.05, 3.63) is 42.1 Å². The molecule has 24 heavy (non-hydrogen) atoms. The van der Waals surface area contributed by atoms with Gasteiger partial charge in [0.05, 0.1) is 0 Å². The van der Waals surface area contributed by atoms with Crippen LogP contribution in [0.15, 0.2) is 36.5 Å². The maximum atomic E-state index is 3.58. The minimum absolute atomic E-state index is 0.701. The Labute approximate surface area is 148 Å². The van der Waals surface area contributed by atoms with E-state index in [2.05, 4.69) is 87.6 Å². The normalized spacial score (nSPS) is 15.6. The topological polar surface area (TPSA) is 17.0 Å². The first-order valence-corrected chi connectivity index (χ1v) is 11.6. The van der Waals surface area contributed by atoms with Gasteiger partial charge < -0.3 is 9.55 Å². The summed E-state index contributed by atoms with van der Waals surface area (Å²) in [6, 6.07) is 8.99. The van der Waals surface area contributed by atoms with Crippen LogP contribution in [0.25, 0.3) is 16.6 Å². The number of hydrogen-bond acceptors (Lipinski definition) is 1. The average Bonchev–Trinajstić information content (AvgIpc) is 3.15. The summed E-state index contributed by atoms with van der Waals surface area (Å²) in [6.07, 6.45) is 5.96. The highest BCUT2D eigenvalue weighted by Gasteiger charge is 2.46. The lowest BCUT2D eigenvalue weighted by Crippen LogP contribution is -2.51. The van der Waals surface area contributed by atoms with Crippen LogP contribution in [0.5, 0.6) is 0 Å². The molecule has 1 aromatic carbocycles. The van der Waals surface area contributed by atoms with Gasteiger partial charge in [-0.3, -0.25) is 0 Å². The largest absolute Gasteiger partial charge is 0.384 e. The Balaban J connectivity index is 2.32. The van der Waals surface area contributed by atoms with Crippen LogP contribution >= 0.6 is 0 Å². The third kappa shape index (κ3) is 2.45. The Morgan fingerprint density at radius 2 is 1.58 bits per heavy atom. The fraction of sp³-hybridized carbons (Fsp3) is 0.524. The van der Waals surface area contributed by atoms with Gasteiger partial charge in [-0.25, -0.2) is 0 Å². The predicted octanol–water partition coefficient (Wildman–Crippen LogP) is 6.00. The highest BCUT2D eigenvalue weighted by atomic mass is 28.3. The second-order valence-electron chi connectivity index (χ2n) is 8.11. The minimum Gasteiger partial charge on any atom is -0.384 e. The summed E-state index contributed by atoms with van der Waals surface area (Å²) in [5.41, 5.74) is 6.24. The van der Waals surface area contributed by atoms with E-state index in [4.69, 9.17) is 0 Å². The molecule has 0 saturated heterocycles. The molecule has 2 heterocycles. The van der Waals surface area contributed by atoms with E-state index in [-0.39, 0.29) is 0 Å². The summed E-state index contributed by atoms with van der Waals surface area (Å²) in [5.74, 6) is 0. The van der Waals surface area contributed by atoms with E-state index >= 15 is 0 Å². The molecule has 0 fully saturated rings. The fourth-order valence-corrected chi connectivity index (χ4v) is 11.9. The molecule has 0 atom stereocenters. The van der Waals surface area contributed by atoms with E-state index in [1.807, 2.05) is 0 Å². The van der Waals surface area contributed by atoms with Crippen LogP contribution < -0.4 is 5.32 Å². The first-order chi connectivity index (χ1) is 11.4. The highest BCUT2D eigenvalue weighted by Crippen LogP contribution is 2.45. The number of benzene rings is 1. The molecule has 0 aliphatic carbocycles. The van der Waals surface area contributed by atoms with Crippen LogP contribution in [-0.2, 0) is 0 Å². The molecule has 0 saturated carbocycles. The summed E-state index contributed by atoms with van der Waals surface area (Å²) in [4.78, 5) is 0. The van der Waals surface area contributed by atoms with Gasteiger partial charge in [0.15, 0.2) is 8.24 Å². The highest BCUT2D eigenvalue weighted by molar-refractivity contribution is 6.82. The second kappa shape index (κ2) is 6.44. The standard InChI is InChI=1S/C21H32N2Si/c1-15(2)24(16(3)4,17(5)6)23-14-19(20-11-9-13-22-20)18-10-7-8-12-21(18)23/h7-8,10-12,14-17,22H,9,13H2,1-6H3. The third-order valence-electron chi connectivity index (χ3n) is 6.00.